The van der Waals surface area contributed by atoms with Crippen molar-refractivity contribution in [2.24, 2.45) is 0 Å². The van der Waals surface area contributed by atoms with Gasteiger partial charge in [0, 0.05) is 45.0 Å². The number of aryl methyl sites for hydroxylation is 2. The summed E-state index contributed by atoms with van der Waals surface area (Å²) in [6, 6.07) is 0. The second-order valence-electron chi connectivity index (χ2n) is 14.6. The molecule has 3 rings (SSSR count). The third-order valence-electron chi connectivity index (χ3n) is 10.1. The van der Waals surface area contributed by atoms with Gasteiger partial charge in [0.05, 0.1) is 21.4 Å². The number of allylic oxidation sites excluding steroid dienone is 5. The molecule has 0 N–H and O–H groups in total. The van der Waals surface area contributed by atoms with Crippen LogP contribution in [0.25, 0.3) is 11.6 Å². The Kier molecular flexibility index (Phi) is 22.4. The van der Waals surface area contributed by atoms with Gasteiger partial charge in [-0.05, 0) is 49.8 Å². The maximum absolute atomic E-state index is 2.60. The summed E-state index contributed by atoms with van der Waals surface area (Å²) in [5.41, 5.74) is 5.49. The molecule has 6 heteroatoms. The molecule has 2 aromatic rings. The maximum atomic E-state index is 2.60. The van der Waals surface area contributed by atoms with E-state index in [0.717, 1.165) is 19.6 Å². The zero-order valence-electron chi connectivity index (χ0n) is 33.1. The fraction of sp³-hybridized carbons (Fsp3) is 0.682. The second-order valence-corrected chi connectivity index (χ2v) is 17.2. The van der Waals surface area contributed by atoms with Crippen LogP contribution in [0.15, 0.2) is 45.1 Å². The summed E-state index contributed by atoms with van der Waals surface area (Å²) in [6.45, 7) is 17.1. The van der Waals surface area contributed by atoms with Gasteiger partial charge < -0.3 is 4.90 Å². The molecule has 3 nitrogen and oxygen atoms in total. The Morgan fingerprint density at radius 2 is 1.12 bits per heavy atom. The van der Waals surface area contributed by atoms with E-state index in [9.17, 15) is 0 Å². The van der Waals surface area contributed by atoms with Gasteiger partial charge in [-0.3, -0.25) is 0 Å². The highest BCUT2D eigenvalue weighted by atomic mass is 32.2. The first kappa shape index (κ1) is 42.8. The lowest BCUT2D eigenvalue weighted by molar-refractivity contribution is -0.700. The lowest BCUT2D eigenvalue weighted by atomic mass is 10.1. The number of aromatic nitrogens is 2. The number of thioether (sulfide) groups is 1. The molecule has 0 radical (unpaired) electrons. The fourth-order valence-corrected chi connectivity index (χ4v) is 9.76. The Morgan fingerprint density at radius 3 is 1.72 bits per heavy atom. The van der Waals surface area contributed by atoms with E-state index in [1.54, 1.807) is 0 Å². The molecule has 0 unspecified atom stereocenters. The first-order valence-corrected chi connectivity index (χ1v) is 23.3. The smallest absolute Gasteiger partial charge is 0.269 e. The number of hydrogen-bond donors (Lipinski definition) is 0. The van der Waals surface area contributed by atoms with Crippen LogP contribution in [0.2, 0.25) is 0 Å². The van der Waals surface area contributed by atoms with Crippen LogP contribution in [-0.4, -0.2) is 11.4 Å². The van der Waals surface area contributed by atoms with Crippen molar-refractivity contribution in [3.05, 3.63) is 66.5 Å². The van der Waals surface area contributed by atoms with Gasteiger partial charge in [0.15, 0.2) is 11.4 Å². The highest BCUT2D eigenvalue weighted by Crippen LogP contribution is 2.35. The monoisotopic (exact) mass is 739 g/mol. The van der Waals surface area contributed by atoms with E-state index in [0.29, 0.717) is 0 Å². The molecule has 0 aromatic carbocycles. The Morgan fingerprint density at radius 1 is 0.620 bits per heavy atom. The Bertz CT molecular complexity index is 1330. The summed E-state index contributed by atoms with van der Waals surface area (Å²) in [7, 11) is 0. The van der Waals surface area contributed by atoms with E-state index in [4.69, 9.17) is 0 Å². The average Bonchev–Trinajstić information content (AvgIpc) is 3.78. The summed E-state index contributed by atoms with van der Waals surface area (Å²) in [6.07, 6.45) is 38.0. The van der Waals surface area contributed by atoms with Crippen LogP contribution in [0.5, 0.6) is 0 Å². The lowest BCUT2D eigenvalue weighted by Gasteiger charge is -2.21. The highest BCUT2D eigenvalue weighted by Gasteiger charge is 2.22. The molecule has 0 atom stereocenters. The minimum absolute atomic E-state index is 1.11. The SMILES string of the molecule is CCCCCCCCCN1C(C)=CS\C1=C/C=C(\C=C\c1scc(C)[n+]1CCCCCCCCC)c1scc(C)[n+]1CCCCCCCCC. The number of rotatable bonds is 28. The van der Waals surface area contributed by atoms with Gasteiger partial charge in [-0.2, -0.15) is 9.13 Å². The van der Waals surface area contributed by atoms with E-state index < -0.39 is 0 Å². The van der Waals surface area contributed by atoms with Crippen LogP contribution in [0.4, 0.5) is 0 Å². The molecule has 0 saturated heterocycles. The van der Waals surface area contributed by atoms with Gasteiger partial charge in [-0.1, -0.05) is 158 Å². The number of thiazole rings is 2. The van der Waals surface area contributed by atoms with E-state index in [1.165, 1.54) is 173 Å². The first-order chi connectivity index (χ1) is 24.5. The standard InChI is InChI=1S/C44H73N3S3/c1-7-10-13-16-19-22-25-32-45-38(4)35-48-42(45)30-28-41(44-47(40(6)37-50-44)34-27-24-21-18-15-12-9-3)29-31-43-46(39(5)36-49-43)33-26-23-20-17-14-11-8-2/h28-31,35-37H,7-27,32-34H2,1-6H3/q+2. The van der Waals surface area contributed by atoms with Crippen LogP contribution >= 0.6 is 34.4 Å². The Balaban J connectivity index is 1.78. The number of unbranched alkanes of at least 4 members (excludes halogenated alkanes) is 18. The quantitative estimate of drug-likeness (QED) is 0.0489. The molecule has 280 valence electrons. The zero-order valence-corrected chi connectivity index (χ0v) is 35.5. The van der Waals surface area contributed by atoms with Gasteiger partial charge in [0.2, 0.25) is 0 Å². The highest BCUT2D eigenvalue weighted by molar-refractivity contribution is 8.06. The Hall–Kier alpha value is -1.63. The molecule has 50 heavy (non-hydrogen) atoms. The van der Waals surface area contributed by atoms with Crippen LogP contribution in [-0.2, 0) is 13.1 Å². The summed E-state index contributed by atoms with van der Waals surface area (Å²) in [4.78, 5) is 2.56. The summed E-state index contributed by atoms with van der Waals surface area (Å²) < 4.78 is 5.15. The van der Waals surface area contributed by atoms with Crippen molar-refractivity contribution < 1.29 is 9.13 Å². The maximum Gasteiger partial charge on any atom is 0.269 e. The van der Waals surface area contributed by atoms with Crippen LogP contribution in [0.1, 0.15) is 184 Å². The third-order valence-corrected chi connectivity index (χ3v) is 13.4. The predicted octanol–water partition coefficient (Wildman–Crippen LogP) is 14.1. The topological polar surface area (TPSA) is 11.0 Å². The largest absolute Gasteiger partial charge is 0.339 e. The Labute approximate surface area is 321 Å². The fourth-order valence-electron chi connectivity index (χ4n) is 6.86. The van der Waals surface area contributed by atoms with Crippen molar-refractivity contribution in [2.75, 3.05) is 6.54 Å². The molecular formula is C44H73N3S3+2. The van der Waals surface area contributed by atoms with Crippen molar-refractivity contribution in [1.82, 2.24) is 4.90 Å². The van der Waals surface area contributed by atoms with Gasteiger partial charge in [0.1, 0.15) is 13.1 Å². The minimum Gasteiger partial charge on any atom is -0.339 e. The average molecular weight is 740 g/mol. The molecule has 0 amide bonds. The van der Waals surface area contributed by atoms with E-state index in [-0.39, 0.29) is 0 Å². The van der Waals surface area contributed by atoms with E-state index in [1.807, 2.05) is 34.4 Å². The van der Waals surface area contributed by atoms with Gasteiger partial charge in [-0.25, -0.2) is 0 Å². The van der Waals surface area contributed by atoms with Crippen molar-refractivity contribution in [3.8, 4) is 0 Å². The molecule has 1 aliphatic rings. The van der Waals surface area contributed by atoms with Crippen molar-refractivity contribution in [1.29, 1.82) is 0 Å². The van der Waals surface area contributed by atoms with Crippen molar-refractivity contribution >= 4 is 46.1 Å². The minimum atomic E-state index is 1.11. The first-order valence-electron chi connectivity index (χ1n) is 20.7. The van der Waals surface area contributed by atoms with Crippen LogP contribution < -0.4 is 9.13 Å². The third kappa shape index (κ3) is 15.5. The molecule has 0 saturated carbocycles. The summed E-state index contributed by atoms with van der Waals surface area (Å²) in [5, 5.41) is 11.2. The lowest BCUT2D eigenvalue weighted by Crippen LogP contribution is -2.38. The molecule has 0 spiro atoms. The van der Waals surface area contributed by atoms with Crippen LogP contribution in [0, 0.1) is 13.8 Å². The van der Waals surface area contributed by atoms with E-state index >= 15 is 0 Å². The second kappa shape index (κ2) is 26.2. The van der Waals surface area contributed by atoms with Gasteiger partial charge in [-0.15, -0.1) is 0 Å². The summed E-state index contributed by atoms with van der Waals surface area (Å²) >= 11 is 5.70. The molecular weight excluding hydrogens is 667 g/mol. The molecule has 0 aliphatic carbocycles. The molecule has 0 bridgehead atoms. The zero-order chi connectivity index (χ0) is 35.8. The van der Waals surface area contributed by atoms with Crippen molar-refractivity contribution in [2.45, 2.75) is 189 Å². The number of hydrogen-bond acceptors (Lipinski definition) is 4. The van der Waals surface area contributed by atoms with E-state index in [2.05, 4.69) is 96.0 Å². The normalized spacial score (nSPS) is 14.6. The number of nitrogens with zero attached hydrogens (tertiary/aromatic N) is 3. The molecule has 1 aliphatic heterocycles. The van der Waals surface area contributed by atoms with Gasteiger partial charge >= 0.3 is 0 Å². The molecule has 2 aromatic heterocycles. The summed E-state index contributed by atoms with van der Waals surface area (Å²) in [5.74, 6) is 0. The molecule has 3 heterocycles. The van der Waals surface area contributed by atoms with Crippen LogP contribution in [0.3, 0.4) is 0 Å². The predicted molar refractivity (Wildman–Crippen MR) is 226 cm³/mol. The van der Waals surface area contributed by atoms with Crippen molar-refractivity contribution in [3.63, 3.8) is 0 Å². The molecule has 0 fully saturated rings. The van der Waals surface area contributed by atoms with Gasteiger partial charge in [0.25, 0.3) is 10.0 Å².